The van der Waals surface area contributed by atoms with Gasteiger partial charge in [0.1, 0.15) is 0 Å². The minimum atomic E-state index is -0.277. The Morgan fingerprint density at radius 2 is 1.60 bits per heavy atom. The van der Waals surface area contributed by atoms with Crippen LogP contribution in [0.2, 0.25) is 0 Å². The van der Waals surface area contributed by atoms with E-state index in [1.807, 2.05) is 6.07 Å². The Labute approximate surface area is 150 Å². The highest BCUT2D eigenvalue weighted by atomic mass is 16.1. The lowest BCUT2D eigenvalue weighted by Gasteiger charge is -2.51. The number of carbonyl (C=O) groups excluding carboxylic acids is 1. The zero-order chi connectivity index (χ0) is 17.2. The quantitative estimate of drug-likeness (QED) is 0.583. The summed E-state index contributed by atoms with van der Waals surface area (Å²) in [5.41, 5.74) is 6.28. The van der Waals surface area contributed by atoms with Crippen LogP contribution in [0.4, 0.5) is 0 Å². The highest BCUT2D eigenvalue weighted by Gasteiger charge is 2.53. The van der Waals surface area contributed by atoms with E-state index in [9.17, 15) is 4.79 Å². The fraction of sp³-hybridized carbons (Fsp3) is 0.458. The van der Waals surface area contributed by atoms with Crippen molar-refractivity contribution in [1.29, 1.82) is 0 Å². The van der Waals surface area contributed by atoms with E-state index in [-0.39, 0.29) is 5.41 Å². The smallest absolute Gasteiger partial charge is 0.174 e. The predicted octanol–water partition coefficient (Wildman–Crippen LogP) is 5.95. The molecule has 2 bridgehead atoms. The van der Waals surface area contributed by atoms with Gasteiger partial charge in [-0.05, 0) is 59.3 Å². The molecule has 128 valence electrons. The van der Waals surface area contributed by atoms with Crippen LogP contribution in [0.3, 0.4) is 0 Å². The number of hydrogen-bond acceptors (Lipinski definition) is 1. The molecule has 2 atom stereocenters. The maximum atomic E-state index is 13.8. The van der Waals surface area contributed by atoms with Crippen LogP contribution in [0.15, 0.2) is 42.5 Å². The molecule has 1 saturated carbocycles. The molecule has 2 aromatic rings. The molecule has 3 aliphatic carbocycles. The van der Waals surface area contributed by atoms with Crippen LogP contribution in [0, 0.1) is 11.3 Å². The summed E-state index contributed by atoms with van der Waals surface area (Å²) in [6.45, 7) is 4.85. The lowest BCUT2D eigenvalue weighted by molar-refractivity contribution is 0.0675. The van der Waals surface area contributed by atoms with Crippen molar-refractivity contribution in [3.05, 3.63) is 59.2 Å². The van der Waals surface area contributed by atoms with Crippen molar-refractivity contribution in [3.63, 3.8) is 0 Å². The highest BCUT2D eigenvalue weighted by molar-refractivity contribution is 6.13. The van der Waals surface area contributed by atoms with Gasteiger partial charge in [-0.25, -0.2) is 0 Å². The van der Waals surface area contributed by atoms with Crippen LogP contribution >= 0.6 is 0 Å². The van der Waals surface area contributed by atoms with Crippen LogP contribution < -0.4 is 0 Å². The second kappa shape index (κ2) is 5.06. The fourth-order valence-electron chi connectivity index (χ4n) is 5.90. The Hall–Kier alpha value is -1.89. The maximum Gasteiger partial charge on any atom is 0.174 e. The van der Waals surface area contributed by atoms with Gasteiger partial charge in [0.05, 0.1) is 5.41 Å². The van der Waals surface area contributed by atoms with Crippen molar-refractivity contribution in [2.24, 2.45) is 11.3 Å². The van der Waals surface area contributed by atoms with E-state index in [2.05, 4.69) is 50.2 Å². The average molecular weight is 330 g/mol. The Bertz CT molecular complexity index is 875. The molecule has 0 aromatic heterocycles. The number of ketones is 1. The maximum absolute atomic E-state index is 13.8. The Balaban J connectivity index is 1.83. The molecule has 5 rings (SSSR count). The van der Waals surface area contributed by atoms with E-state index >= 15 is 0 Å². The molecule has 1 heteroatoms. The molecule has 2 aromatic carbocycles. The van der Waals surface area contributed by atoms with Crippen LogP contribution in [-0.4, -0.2) is 5.78 Å². The molecule has 0 heterocycles. The fourth-order valence-corrected chi connectivity index (χ4v) is 5.90. The summed E-state index contributed by atoms with van der Waals surface area (Å²) >= 11 is 0. The largest absolute Gasteiger partial charge is 0.293 e. The zero-order valence-corrected chi connectivity index (χ0v) is 15.3. The second-order valence-corrected chi connectivity index (χ2v) is 9.10. The van der Waals surface area contributed by atoms with Gasteiger partial charge in [-0.2, -0.15) is 0 Å². The molecule has 3 aliphatic rings. The van der Waals surface area contributed by atoms with Gasteiger partial charge >= 0.3 is 0 Å². The molecule has 1 spiro atoms. The Morgan fingerprint density at radius 1 is 0.880 bits per heavy atom. The topological polar surface area (TPSA) is 17.1 Å². The zero-order valence-electron chi connectivity index (χ0n) is 15.3. The molecule has 0 saturated heterocycles. The van der Waals surface area contributed by atoms with Crippen molar-refractivity contribution >= 4 is 5.78 Å². The summed E-state index contributed by atoms with van der Waals surface area (Å²) in [4.78, 5) is 13.8. The lowest BCUT2D eigenvalue weighted by Crippen LogP contribution is -2.48. The number of hydrogen-bond donors (Lipinski definition) is 0. The lowest BCUT2D eigenvalue weighted by atomic mass is 9.51. The third-order valence-corrected chi connectivity index (χ3v) is 7.37. The number of Topliss-reactive ketones (excluding diaryl/α,β-unsaturated/α-hetero) is 1. The van der Waals surface area contributed by atoms with Gasteiger partial charge in [-0.3, -0.25) is 4.79 Å². The number of carbonyl (C=O) groups is 1. The SMILES string of the molecule is CC1(C)CCCCC23CC1Cc1cccc(c12)-c1ccccc1C3=O. The summed E-state index contributed by atoms with van der Waals surface area (Å²) < 4.78 is 0. The second-order valence-electron chi connectivity index (χ2n) is 9.10. The summed E-state index contributed by atoms with van der Waals surface area (Å²) in [5, 5.41) is 0. The van der Waals surface area contributed by atoms with Gasteiger partial charge in [0.2, 0.25) is 0 Å². The Kier molecular flexibility index (Phi) is 3.11. The van der Waals surface area contributed by atoms with E-state index in [1.165, 1.54) is 29.5 Å². The van der Waals surface area contributed by atoms with Gasteiger partial charge in [0.15, 0.2) is 5.78 Å². The monoisotopic (exact) mass is 330 g/mol. The van der Waals surface area contributed by atoms with E-state index in [4.69, 9.17) is 0 Å². The molecule has 2 unspecified atom stereocenters. The summed E-state index contributed by atoms with van der Waals surface area (Å²) in [6.07, 6.45) is 6.89. The van der Waals surface area contributed by atoms with Gasteiger partial charge in [0.25, 0.3) is 0 Å². The third kappa shape index (κ3) is 1.99. The average Bonchev–Trinajstić information content (AvgIpc) is 2.62. The van der Waals surface area contributed by atoms with Crippen molar-refractivity contribution in [3.8, 4) is 11.1 Å². The molecule has 25 heavy (non-hydrogen) atoms. The van der Waals surface area contributed by atoms with Gasteiger partial charge in [-0.15, -0.1) is 0 Å². The summed E-state index contributed by atoms with van der Waals surface area (Å²) in [7, 11) is 0. The predicted molar refractivity (Wildman–Crippen MR) is 102 cm³/mol. The minimum absolute atomic E-state index is 0.277. The number of rotatable bonds is 0. The molecule has 0 amide bonds. The molecule has 1 fully saturated rings. The van der Waals surface area contributed by atoms with Crippen molar-refractivity contribution in [2.75, 3.05) is 0 Å². The van der Waals surface area contributed by atoms with Crippen molar-refractivity contribution in [2.45, 2.75) is 57.8 Å². The van der Waals surface area contributed by atoms with Gasteiger partial charge in [0, 0.05) is 5.56 Å². The van der Waals surface area contributed by atoms with E-state index in [0.717, 1.165) is 36.8 Å². The first-order valence-electron chi connectivity index (χ1n) is 9.79. The Morgan fingerprint density at radius 3 is 2.44 bits per heavy atom. The minimum Gasteiger partial charge on any atom is -0.293 e. The van der Waals surface area contributed by atoms with Crippen LogP contribution in [-0.2, 0) is 11.8 Å². The molecule has 0 N–H and O–H groups in total. The van der Waals surface area contributed by atoms with E-state index in [1.54, 1.807) is 0 Å². The van der Waals surface area contributed by atoms with Gasteiger partial charge in [-0.1, -0.05) is 69.2 Å². The van der Waals surface area contributed by atoms with Crippen molar-refractivity contribution < 1.29 is 4.79 Å². The molecular weight excluding hydrogens is 304 g/mol. The highest BCUT2D eigenvalue weighted by Crippen LogP contribution is 2.57. The number of benzene rings is 2. The normalized spacial score (nSPS) is 29.2. The molecule has 0 aliphatic heterocycles. The number of fused-ring (bicyclic) bond motifs is 3. The van der Waals surface area contributed by atoms with Crippen LogP contribution in [0.25, 0.3) is 11.1 Å². The van der Waals surface area contributed by atoms with Gasteiger partial charge < -0.3 is 0 Å². The molecule has 0 radical (unpaired) electrons. The van der Waals surface area contributed by atoms with E-state index < -0.39 is 0 Å². The standard InChI is InChI=1S/C24H26O/c1-23(2)12-5-6-13-24-15-17(23)14-16-8-7-11-19(21(16)24)18-9-3-4-10-20(18)22(24)25/h3-4,7-11,17H,5-6,12-15H2,1-2H3. The van der Waals surface area contributed by atoms with Crippen LogP contribution in [0.1, 0.15) is 67.4 Å². The molecule has 1 nitrogen and oxygen atoms in total. The van der Waals surface area contributed by atoms with Crippen LogP contribution in [0.5, 0.6) is 0 Å². The summed E-state index contributed by atoms with van der Waals surface area (Å²) in [5.74, 6) is 0.996. The summed E-state index contributed by atoms with van der Waals surface area (Å²) in [6, 6.07) is 15.0. The first-order valence-corrected chi connectivity index (χ1v) is 9.79. The first-order chi connectivity index (χ1) is 12.0. The first kappa shape index (κ1) is 15.4. The molecular formula is C24H26O. The third-order valence-electron chi connectivity index (χ3n) is 7.37. The van der Waals surface area contributed by atoms with Crippen molar-refractivity contribution in [1.82, 2.24) is 0 Å². The van der Waals surface area contributed by atoms with E-state index in [0.29, 0.717) is 17.1 Å².